The summed E-state index contributed by atoms with van der Waals surface area (Å²) in [4.78, 5) is 43.4. The lowest BCUT2D eigenvalue weighted by atomic mass is 9.86. The van der Waals surface area contributed by atoms with Gasteiger partial charge in [0.05, 0.1) is 26.4 Å². The van der Waals surface area contributed by atoms with Crippen LogP contribution in [0.3, 0.4) is 0 Å². The molecular weight excluding hydrogens is 507 g/mol. The number of likely N-dealkylation sites (tertiary alicyclic amines) is 1. The van der Waals surface area contributed by atoms with E-state index in [1.165, 1.54) is 24.1 Å². The Balaban J connectivity index is 1.62. The minimum atomic E-state index is -1.25. The highest BCUT2D eigenvalue weighted by molar-refractivity contribution is 9.10. The van der Waals surface area contributed by atoms with E-state index in [4.69, 9.17) is 9.47 Å². The molecular formula is C25H26BrFN2O5. The Labute approximate surface area is 205 Å². The standard InChI is InChI=1S/C25H26BrFN2O5/c1-33-20-7-6-17(15-19(20)27)23(30)21-22(16-4-2-5-18(26)14-16)29(25(32)24(21)31)9-3-8-28-10-12-34-13-11-28/h2,4-7,14-15,21-22H,3,8-13H2,1H3. The van der Waals surface area contributed by atoms with Crippen molar-refractivity contribution in [2.24, 2.45) is 5.92 Å². The number of ketones is 2. The summed E-state index contributed by atoms with van der Waals surface area (Å²) in [5, 5.41) is 0. The zero-order valence-electron chi connectivity index (χ0n) is 18.8. The highest BCUT2D eigenvalue weighted by atomic mass is 79.9. The van der Waals surface area contributed by atoms with Gasteiger partial charge in [0.1, 0.15) is 5.92 Å². The third-order valence-corrected chi connectivity index (χ3v) is 6.78. The van der Waals surface area contributed by atoms with Gasteiger partial charge in [-0.25, -0.2) is 4.39 Å². The number of amides is 1. The van der Waals surface area contributed by atoms with Crippen LogP contribution in [-0.4, -0.2) is 73.8 Å². The van der Waals surface area contributed by atoms with Gasteiger partial charge < -0.3 is 14.4 Å². The minimum Gasteiger partial charge on any atom is -0.494 e. The lowest BCUT2D eigenvalue weighted by molar-refractivity contribution is -0.140. The number of benzene rings is 2. The molecule has 0 saturated carbocycles. The van der Waals surface area contributed by atoms with Crippen LogP contribution in [0.25, 0.3) is 0 Å². The molecule has 0 N–H and O–H groups in total. The smallest absolute Gasteiger partial charge is 0.291 e. The summed E-state index contributed by atoms with van der Waals surface area (Å²) < 4.78 is 25.4. The van der Waals surface area contributed by atoms with Gasteiger partial charge in [-0.2, -0.15) is 0 Å². The van der Waals surface area contributed by atoms with Crippen LogP contribution in [0.2, 0.25) is 0 Å². The summed E-state index contributed by atoms with van der Waals surface area (Å²) in [6, 6.07) is 10.3. The first kappa shape index (κ1) is 24.5. The van der Waals surface area contributed by atoms with Crippen LogP contribution in [0.1, 0.15) is 28.4 Å². The number of carbonyl (C=O) groups is 3. The number of hydrogen-bond acceptors (Lipinski definition) is 6. The molecule has 2 aromatic rings. The van der Waals surface area contributed by atoms with E-state index in [9.17, 15) is 18.8 Å². The second-order valence-electron chi connectivity index (χ2n) is 8.36. The average molecular weight is 533 g/mol. The van der Waals surface area contributed by atoms with Gasteiger partial charge in [0.25, 0.3) is 5.91 Å². The number of Topliss-reactive ketones (excluding diaryl/α,β-unsaturated/α-hetero) is 2. The number of halogens is 2. The highest BCUT2D eigenvalue weighted by Crippen LogP contribution is 2.39. The second-order valence-corrected chi connectivity index (χ2v) is 9.28. The molecule has 180 valence electrons. The van der Waals surface area contributed by atoms with E-state index in [1.54, 1.807) is 18.2 Å². The first-order valence-corrected chi connectivity index (χ1v) is 12.0. The fourth-order valence-corrected chi connectivity index (χ4v) is 5.00. The Morgan fingerprint density at radius 1 is 1.15 bits per heavy atom. The fourth-order valence-electron chi connectivity index (χ4n) is 4.58. The molecule has 2 aromatic carbocycles. The molecule has 4 rings (SSSR count). The molecule has 34 heavy (non-hydrogen) atoms. The SMILES string of the molecule is COc1ccc(C(=O)C2C(=O)C(=O)N(CCCN3CCOCC3)C2c2cccc(Br)c2)cc1F. The highest BCUT2D eigenvalue weighted by Gasteiger charge is 2.51. The molecule has 2 fully saturated rings. The molecule has 7 nitrogen and oxygen atoms in total. The van der Waals surface area contributed by atoms with Crippen molar-refractivity contribution < 1.29 is 28.2 Å². The van der Waals surface area contributed by atoms with Crippen LogP contribution in [0, 0.1) is 11.7 Å². The summed E-state index contributed by atoms with van der Waals surface area (Å²) in [6.07, 6.45) is 0.654. The Morgan fingerprint density at radius 3 is 2.59 bits per heavy atom. The van der Waals surface area contributed by atoms with Crippen molar-refractivity contribution in [2.45, 2.75) is 12.5 Å². The van der Waals surface area contributed by atoms with Crippen molar-refractivity contribution in [3.05, 3.63) is 63.9 Å². The van der Waals surface area contributed by atoms with Gasteiger partial charge in [0.2, 0.25) is 5.78 Å². The fraction of sp³-hybridized carbons (Fsp3) is 0.400. The quantitative estimate of drug-likeness (QED) is 0.295. The van der Waals surface area contributed by atoms with Gasteiger partial charge in [-0.05, 0) is 42.3 Å². The Morgan fingerprint density at radius 2 is 1.91 bits per heavy atom. The second kappa shape index (κ2) is 10.8. The number of nitrogens with zero attached hydrogens (tertiary/aromatic N) is 2. The lowest BCUT2D eigenvalue weighted by Crippen LogP contribution is -2.39. The van der Waals surface area contributed by atoms with Gasteiger partial charge in [0, 0.05) is 36.2 Å². The van der Waals surface area contributed by atoms with Crippen molar-refractivity contribution in [1.82, 2.24) is 9.80 Å². The number of rotatable bonds is 8. The predicted octanol–water partition coefficient (Wildman–Crippen LogP) is 3.27. The van der Waals surface area contributed by atoms with Crippen molar-refractivity contribution in [1.29, 1.82) is 0 Å². The van der Waals surface area contributed by atoms with Crippen molar-refractivity contribution in [3.8, 4) is 5.75 Å². The van der Waals surface area contributed by atoms with Crippen molar-refractivity contribution in [2.75, 3.05) is 46.5 Å². The first-order valence-electron chi connectivity index (χ1n) is 11.2. The third-order valence-electron chi connectivity index (χ3n) is 6.29. The molecule has 0 aromatic heterocycles. The zero-order chi connectivity index (χ0) is 24.2. The van der Waals surface area contributed by atoms with Crippen LogP contribution >= 0.6 is 15.9 Å². The normalized spacial score (nSPS) is 21.2. The number of carbonyl (C=O) groups excluding carboxylic acids is 3. The Bertz CT molecular complexity index is 1090. The first-order chi connectivity index (χ1) is 16.4. The molecule has 0 bridgehead atoms. The van der Waals surface area contributed by atoms with E-state index in [2.05, 4.69) is 20.8 Å². The Kier molecular flexibility index (Phi) is 7.75. The molecule has 9 heteroatoms. The number of morpholine rings is 1. The van der Waals surface area contributed by atoms with Gasteiger partial charge >= 0.3 is 0 Å². The summed E-state index contributed by atoms with van der Waals surface area (Å²) in [5.74, 6) is -3.99. The molecule has 2 unspecified atom stereocenters. The maximum atomic E-state index is 14.3. The number of methoxy groups -OCH3 is 1. The maximum absolute atomic E-state index is 14.3. The molecule has 2 heterocycles. The Hall–Kier alpha value is -2.62. The van der Waals surface area contributed by atoms with E-state index in [0.717, 1.165) is 30.2 Å². The van der Waals surface area contributed by atoms with Gasteiger partial charge in [-0.3, -0.25) is 19.3 Å². The van der Waals surface area contributed by atoms with E-state index in [-0.39, 0.29) is 11.3 Å². The van der Waals surface area contributed by atoms with E-state index in [1.807, 2.05) is 6.07 Å². The molecule has 2 aliphatic heterocycles. The summed E-state index contributed by atoms with van der Waals surface area (Å²) in [7, 11) is 1.33. The van der Waals surface area contributed by atoms with Gasteiger partial charge in [0.15, 0.2) is 17.3 Å². The topological polar surface area (TPSA) is 76.2 Å². The summed E-state index contributed by atoms with van der Waals surface area (Å²) in [5.41, 5.74) is 0.701. The zero-order valence-corrected chi connectivity index (χ0v) is 20.4. The van der Waals surface area contributed by atoms with Crippen LogP contribution in [0.5, 0.6) is 5.75 Å². The van der Waals surface area contributed by atoms with E-state index < -0.39 is 35.3 Å². The van der Waals surface area contributed by atoms with Gasteiger partial charge in [-0.1, -0.05) is 28.1 Å². The molecule has 2 saturated heterocycles. The molecule has 2 aliphatic rings. The molecule has 1 amide bonds. The van der Waals surface area contributed by atoms with Crippen LogP contribution in [0.15, 0.2) is 46.9 Å². The molecule has 2 atom stereocenters. The maximum Gasteiger partial charge on any atom is 0.291 e. The summed E-state index contributed by atoms with van der Waals surface area (Å²) >= 11 is 3.44. The summed E-state index contributed by atoms with van der Waals surface area (Å²) in [6.45, 7) is 4.10. The van der Waals surface area contributed by atoms with Crippen LogP contribution < -0.4 is 4.74 Å². The van der Waals surface area contributed by atoms with Crippen LogP contribution in [-0.2, 0) is 14.3 Å². The van der Waals surface area contributed by atoms with E-state index >= 15 is 0 Å². The molecule has 0 radical (unpaired) electrons. The minimum absolute atomic E-state index is 0.00125. The van der Waals surface area contributed by atoms with Crippen molar-refractivity contribution in [3.63, 3.8) is 0 Å². The number of hydrogen-bond donors (Lipinski definition) is 0. The third kappa shape index (κ3) is 5.06. The van der Waals surface area contributed by atoms with Crippen LogP contribution in [0.4, 0.5) is 4.39 Å². The van der Waals surface area contributed by atoms with E-state index in [0.29, 0.717) is 31.7 Å². The number of ether oxygens (including phenoxy) is 2. The van der Waals surface area contributed by atoms with Crippen molar-refractivity contribution >= 4 is 33.4 Å². The largest absolute Gasteiger partial charge is 0.494 e. The molecule has 0 spiro atoms. The van der Waals surface area contributed by atoms with Gasteiger partial charge in [-0.15, -0.1) is 0 Å². The predicted molar refractivity (Wildman–Crippen MR) is 126 cm³/mol. The lowest BCUT2D eigenvalue weighted by Gasteiger charge is -2.30. The molecule has 0 aliphatic carbocycles. The average Bonchev–Trinajstić information content (AvgIpc) is 3.09. The monoisotopic (exact) mass is 532 g/mol.